The molecule has 224 valence electrons. The molecule has 0 aliphatic rings. The maximum Gasteiger partial charge on any atom is 0.264 e. The predicted molar refractivity (Wildman–Crippen MR) is 166 cm³/mol. The van der Waals surface area contributed by atoms with Gasteiger partial charge in [0.1, 0.15) is 18.4 Å². The van der Waals surface area contributed by atoms with Crippen LogP contribution < -0.4 is 9.62 Å². The van der Waals surface area contributed by atoms with Crippen molar-refractivity contribution in [2.45, 2.75) is 43.7 Å². The summed E-state index contributed by atoms with van der Waals surface area (Å²) in [7, 11) is -4.36. The zero-order valence-electron chi connectivity index (χ0n) is 24.1. The van der Waals surface area contributed by atoms with E-state index in [9.17, 15) is 18.0 Å². The Bertz CT molecular complexity index is 1590. The van der Waals surface area contributed by atoms with E-state index < -0.39 is 34.3 Å². The molecule has 4 aromatic carbocycles. The van der Waals surface area contributed by atoms with Gasteiger partial charge in [-0.2, -0.15) is 0 Å². The number of hydrogen-bond acceptors (Lipinski definition) is 4. The van der Waals surface area contributed by atoms with E-state index in [0.717, 1.165) is 34.3 Å². The van der Waals surface area contributed by atoms with Gasteiger partial charge in [0, 0.05) is 19.5 Å². The molecule has 0 aliphatic heterocycles. The lowest BCUT2D eigenvalue weighted by atomic mass is 10.0. The summed E-state index contributed by atoms with van der Waals surface area (Å²) in [6.07, 6.45) is 1.86. The minimum Gasteiger partial charge on any atom is -0.354 e. The molecule has 0 saturated carbocycles. The fraction of sp³-hybridized carbons (Fsp3) is 0.235. The lowest BCUT2D eigenvalue weighted by Crippen LogP contribution is -2.53. The number of benzene rings is 4. The second kappa shape index (κ2) is 15.1. The van der Waals surface area contributed by atoms with Crippen LogP contribution in [-0.2, 0) is 32.6 Å². The van der Waals surface area contributed by atoms with Gasteiger partial charge < -0.3 is 10.2 Å². The standard InChI is InChI=1S/C34H36FN3O4S/c1-2-3-23-36-34(40)32(24-27-15-7-4-8-16-27)37(25-28-17-9-5-10-18-28)33(39)26-38(31-22-14-13-21-30(31)35)43(41,42)29-19-11-6-12-20-29/h4-22,32H,2-3,23-26H2,1H3,(H,36,40). The summed E-state index contributed by atoms with van der Waals surface area (Å²) in [5.41, 5.74) is 1.34. The van der Waals surface area contributed by atoms with Gasteiger partial charge in [0.25, 0.3) is 10.0 Å². The number of rotatable bonds is 14. The van der Waals surface area contributed by atoms with Gasteiger partial charge >= 0.3 is 0 Å². The average Bonchev–Trinajstić information content (AvgIpc) is 3.03. The smallest absolute Gasteiger partial charge is 0.264 e. The molecule has 0 aromatic heterocycles. The van der Waals surface area contributed by atoms with Crippen molar-refractivity contribution in [3.05, 3.63) is 132 Å². The Balaban J connectivity index is 1.77. The van der Waals surface area contributed by atoms with E-state index in [1.807, 2.05) is 67.6 Å². The van der Waals surface area contributed by atoms with E-state index in [-0.39, 0.29) is 29.5 Å². The van der Waals surface area contributed by atoms with Crippen LogP contribution in [0, 0.1) is 5.82 Å². The van der Waals surface area contributed by atoms with Crippen LogP contribution >= 0.6 is 0 Å². The summed E-state index contributed by atoms with van der Waals surface area (Å²) in [5, 5.41) is 2.95. The predicted octanol–water partition coefficient (Wildman–Crippen LogP) is 5.58. The van der Waals surface area contributed by atoms with Crippen LogP contribution in [0.25, 0.3) is 0 Å². The van der Waals surface area contributed by atoms with Crippen LogP contribution in [0.4, 0.5) is 10.1 Å². The number of anilines is 1. The number of amides is 2. The Morgan fingerprint density at radius 3 is 1.95 bits per heavy atom. The maximum absolute atomic E-state index is 15.1. The van der Waals surface area contributed by atoms with Crippen molar-refractivity contribution in [3.8, 4) is 0 Å². The number of carbonyl (C=O) groups excluding carboxylic acids is 2. The molecule has 0 heterocycles. The second-order valence-corrected chi connectivity index (χ2v) is 12.0. The van der Waals surface area contributed by atoms with Crippen molar-refractivity contribution in [2.75, 3.05) is 17.4 Å². The Hall–Kier alpha value is -4.50. The van der Waals surface area contributed by atoms with Crippen LogP contribution in [-0.4, -0.2) is 44.3 Å². The van der Waals surface area contributed by atoms with Crippen LogP contribution in [0.2, 0.25) is 0 Å². The molecular weight excluding hydrogens is 565 g/mol. The molecule has 4 rings (SSSR count). The van der Waals surface area contributed by atoms with E-state index >= 15 is 4.39 Å². The number of para-hydroxylation sites is 1. The highest BCUT2D eigenvalue weighted by molar-refractivity contribution is 7.92. The number of nitrogens with zero attached hydrogens (tertiary/aromatic N) is 2. The van der Waals surface area contributed by atoms with Crippen molar-refractivity contribution in [2.24, 2.45) is 0 Å². The Kier molecular flexibility index (Phi) is 11.0. The van der Waals surface area contributed by atoms with Crippen molar-refractivity contribution in [3.63, 3.8) is 0 Å². The lowest BCUT2D eigenvalue weighted by Gasteiger charge is -2.34. The lowest BCUT2D eigenvalue weighted by molar-refractivity contribution is -0.140. The van der Waals surface area contributed by atoms with E-state index in [1.54, 1.807) is 18.2 Å². The molecule has 7 nitrogen and oxygen atoms in total. The molecule has 1 unspecified atom stereocenters. The van der Waals surface area contributed by atoms with Crippen molar-refractivity contribution in [1.82, 2.24) is 10.2 Å². The van der Waals surface area contributed by atoms with Gasteiger partial charge in [0.05, 0.1) is 10.6 Å². The van der Waals surface area contributed by atoms with Crippen molar-refractivity contribution in [1.29, 1.82) is 0 Å². The summed E-state index contributed by atoms with van der Waals surface area (Å²) in [5.74, 6) is -1.77. The van der Waals surface area contributed by atoms with E-state index in [1.165, 1.54) is 35.2 Å². The quantitative estimate of drug-likeness (QED) is 0.191. The maximum atomic E-state index is 15.1. The van der Waals surface area contributed by atoms with Crippen molar-refractivity contribution >= 4 is 27.5 Å². The van der Waals surface area contributed by atoms with Crippen LogP contribution in [0.15, 0.2) is 120 Å². The molecule has 0 bridgehead atoms. The minimum atomic E-state index is -4.36. The molecule has 1 N–H and O–H groups in total. The first-order valence-corrected chi connectivity index (χ1v) is 15.7. The summed E-state index contributed by atoms with van der Waals surface area (Å²) >= 11 is 0. The third-order valence-electron chi connectivity index (χ3n) is 7.03. The highest BCUT2D eigenvalue weighted by atomic mass is 32.2. The fourth-order valence-corrected chi connectivity index (χ4v) is 6.17. The SMILES string of the molecule is CCCCNC(=O)C(Cc1ccccc1)N(Cc1ccccc1)C(=O)CN(c1ccccc1F)S(=O)(=O)c1ccccc1. The van der Waals surface area contributed by atoms with Gasteiger partial charge in [-0.1, -0.05) is 104 Å². The molecule has 0 spiro atoms. The molecule has 0 radical (unpaired) electrons. The highest BCUT2D eigenvalue weighted by Gasteiger charge is 2.35. The second-order valence-electron chi connectivity index (χ2n) is 10.1. The van der Waals surface area contributed by atoms with Gasteiger partial charge in [-0.25, -0.2) is 12.8 Å². The zero-order chi connectivity index (χ0) is 30.7. The molecule has 2 amide bonds. The fourth-order valence-electron chi connectivity index (χ4n) is 4.73. The monoisotopic (exact) mass is 601 g/mol. The normalized spacial score (nSPS) is 11.9. The van der Waals surface area contributed by atoms with Gasteiger partial charge in [-0.3, -0.25) is 13.9 Å². The number of nitrogens with one attached hydrogen (secondary N) is 1. The van der Waals surface area contributed by atoms with Crippen LogP contribution in [0.1, 0.15) is 30.9 Å². The zero-order valence-corrected chi connectivity index (χ0v) is 24.9. The number of hydrogen-bond donors (Lipinski definition) is 1. The average molecular weight is 602 g/mol. The highest BCUT2D eigenvalue weighted by Crippen LogP contribution is 2.27. The number of unbranched alkanes of at least 4 members (excludes halogenated alkanes) is 1. The Labute approximate surface area is 253 Å². The third-order valence-corrected chi connectivity index (χ3v) is 8.80. The molecule has 0 fully saturated rings. The number of carbonyl (C=O) groups is 2. The van der Waals surface area contributed by atoms with E-state index in [4.69, 9.17) is 0 Å². The van der Waals surface area contributed by atoms with Gasteiger partial charge in [0.2, 0.25) is 11.8 Å². The summed E-state index contributed by atoms with van der Waals surface area (Å²) in [6, 6.07) is 30.6. The topological polar surface area (TPSA) is 86.8 Å². The number of halogens is 1. The molecular formula is C34H36FN3O4S. The molecule has 43 heavy (non-hydrogen) atoms. The number of sulfonamides is 1. The van der Waals surface area contributed by atoms with Crippen molar-refractivity contribution < 1.29 is 22.4 Å². The molecule has 4 aromatic rings. The van der Waals surface area contributed by atoms with E-state index in [2.05, 4.69) is 5.32 Å². The van der Waals surface area contributed by atoms with E-state index in [0.29, 0.717) is 6.54 Å². The summed E-state index contributed by atoms with van der Waals surface area (Å²) in [4.78, 5) is 29.3. The van der Waals surface area contributed by atoms with Gasteiger partial charge in [-0.15, -0.1) is 0 Å². The molecule has 0 saturated heterocycles. The first-order chi connectivity index (χ1) is 20.8. The molecule has 1 atom stereocenters. The van der Waals surface area contributed by atoms with Gasteiger partial charge in [0.15, 0.2) is 0 Å². The third kappa shape index (κ3) is 8.29. The first-order valence-electron chi connectivity index (χ1n) is 14.3. The van der Waals surface area contributed by atoms with Gasteiger partial charge in [-0.05, 0) is 41.8 Å². The first kappa shape index (κ1) is 31.4. The summed E-state index contributed by atoms with van der Waals surface area (Å²) < 4.78 is 43.7. The Morgan fingerprint density at radius 2 is 1.35 bits per heavy atom. The largest absolute Gasteiger partial charge is 0.354 e. The molecule has 9 heteroatoms. The van der Waals surface area contributed by atoms with Crippen LogP contribution in [0.3, 0.4) is 0 Å². The Morgan fingerprint density at radius 1 is 0.791 bits per heavy atom. The van der Waals surface area contributed by atoms with Crippen LogP contribution in [0.5, 0.6) is 0 Å². The molecule has 0 aliphatic carbocycles. The minimum absolute atomic E-state index is 0.0505. The summed E-state index contributed by atoms with van der Waals surface area (Å²) in [6.45, 7) is 1.80.